The number of nitrogens with zero attached hydrogens (tertiary/aromatic N) is 2. The third-order valence-corrected chi connectivity index (χ3v) is 5.89. The van der Waals surface area contributed by atoms with E-state index in [0.717, 1.165) is 25.7 Å². The molecular weight excluding hydrogens is 323 g/mol. The second kappa shape index (κ2) is 6.29. The summed E-state index contributed by atoms with van der Waals surface area (Å²) >= 11 is 0. The zero-order valence-electron chi connectivity index (χ0n) is 14.1. The lowest BCUT2D eigenvalue weighted by molar-refractivity contribution is 0.0996. The molecule has 3 amide bonds. The number of carbonyl (C=O) groups excluding carboxylic acids is 2. The molecule has 0 saturated carbocycles. The van der Waals surface area contributed by atoms with Gasteiger partial charge < -0.3 is 16.0 Å². The number of primary amides is 1. The van der Waals surface area contributed by atoms with Crippen LogP contribution in [0.25, 0.3) is 0 Å². The minimum Gasteiger partial charge on any atom is -0.366 e. The lowest BCUT2D eigenvalue weighted by Crippen LogP contribution is -2.41. The van der Waals surface area contributed by atoms with Gasteiger partial charge in [-0.25, -0.2) is 9.18 Å². The summed E-state index contributed by atoms with van der Waals surface area (Å²) in [5.74, 6) is -0.441. The lowest BCUT2D eigenvalue weighted by atomic mass is 9.90. The van der Waals surface area contributed by atoms with Gasteiger partial charge in [-0.05, 0) is 49.4 Å². The average molecular weight is 346 g/mol. The first-order valence-corrected chi connectivity index (χ1v) is 8.92. The molecule has 4 rings (SSSR count). The van der Waals surface area contributed by atoms with Gasteiger partial charge in [-0.15, -0.1) is 0 Å². The molecule has 0 spiro atoms. The van der Waals surface area contributed by atoms with Gasteiger partial charge in [0.15, 0.2) is 0 Å². The maximum atomic E-state index is 13.8. The van der Waals surface area contributed by atoms with Crippen LogP contribution < -0.4 is 11.1 Å². The fraction of sp³-hybridized carbons (Fsp3) is 0.556. The number of piperidine rings is 1. The number of halogens is 1. The van der Waals surface area contributed by atoms with Crippen LogP contribution in [0.2, 0.25) is 0 Å². The van der Waals surface area contributed by atoms with E-state index in [1.807, 2.05) is 4.90 Å². The molecule has 25 heavy (non-hydrogen) atoms. The van der Waals surface area contributed by atoms with Crippen LogP contribution in [-0.2, 0) is 0 Å². The maximum absolute atomic E-state index is 13.8. The zero-order chi connectivity index (χ0) is 17.6. The van der Waals surface area contributed by atoms with Gasteiger partial charge >= 0.3 is 6.03 Å². The van der Waals surface area contributed by atoms with E-state index in [4.69, 9.17) is 5.73 Å². The van der Waals surface area contributed by atoms with Crippen LogP contribution in [0.15, 0.2) is 18.2 Å². The van der Waals surface area contributed by atoms with E-state index < -0.39 is 11.7 Å². The quantitative estimate of drug-likeness (QED) is 0.858. The molecule has 3 aliphatic heterocycles. The molecule has 6 nitrogen and oxygen atoms in total. The molecule has 3 heterocycles. The number of fused-ring (bicyclic) bond motifs is 3. The van der Waals surface area contributed by atoms with Crippen LogP contribution in [0.1, 0.15) is 29.6 Å². The first-order chi connectivity index (χ1) is 12.0. The first kappa shape index (κ1) is 16.3. The lowest BCUT2D eigenvalue weighted by Gasteiger charge is -2.33. The second-order valence-electron chi connectivity index (χ2n) is 7.38. The van der Waals surface area contributed by atoms with Crippen molar-refractivity contribution in [3.8, 4) is 0 Å². The Morgan fingerprint density at radius 1 is 1.20 bits per heavy atom. The highest BCUT2D eigenvalue weighted by atomic mass is 19.1. The molecule has 1 aromatic rings. The topological polar surface area (TPSA) is 78.7 Å². The van der Waals surface area contributed by atoms with Gasteiger partial charge in [0.25, 0.3) is 5.91 Å². The van der Waals surface area contributed by atoms with Crippen molar-refractivity contribution in [1.82, 2.24) is 9.80 Å². The number of likely N-dealkylation sites (tertiary alicyclic amines) is 1. The summed E-state index contributed by atoms with van der Waals surface area (Å²) in [6.45, 7) is 3.79. The summed E-state index contributed by atoms with van der Waals surface area (Å²) in [6.07, 6.45) is 3.80. The summed E-state index contributed by atoms with van der Waals surface area (Å²) in [6, 6.07) is 4.34. The maximum Gasteiger partial charge on any atom is 0.321 e. The number of amides is 3. The molecule has 3 saturated heterocycles. The Morgan fingerprint density at radius 2 is 2.04 bits per heavy atom. The predicted octanol–water partition coefficient (Wildman–Crippen LogP) is 1.87. The molecule has 0 bridgehead atoms. The highest BCUT2D eigenvalue weighted by molar-refractivity contribution is 5.94. The summed E-state index contributed by atoms with van der Waals surface area (Å²) in [5.41, 5.74) is 5.25. The molecule has 0 aliphatic carbocycles. The largest absolute Gasteiger partial charge is 0.366 e. The Morgan fingerprint density at radius 3 is 2.80 bits per heavy atom. The van der Waals surface area contributed by atoms with Gasteiger partial charge in [0.2, 0.25) is 0 Å². The Hall–Kier alpha value is -2.15. The van der Waals surface area contributed by atoms with Gasteiger partial charge in [0.05, 0.1) is 5.56 Å². The monoisotopic (exact) mass is 346 g/mol. The minimum atomic E-state index is -0.820. The number of nitrogens with two attached hydrogens (primary N) is 1. The van der Waals surface area contributed by atoms with Crippen molar-refractivity contribution < 1.29 is 14.0 Å². The Kier molecular flexibility index (Phi) is 4.11. The van der Waals surface area contributed by atoms with Crippen LogP contribution in [0.5, 0.6) is 0 Å². The van der Waals surface area contributed by atoms with Crippen LogP contribution in [-0.4, -0.2) is 54.0 Å². The first-order valence-electron chi connectivity index (χ1n) is 8.92. The molecule has 0 aromatic heterocycles. The van der Waals surface area contributed by atoms with Crippen LogP contribution in [0.4, 0.5) is 14.9 Å². The summed E-state index contributed by atoms with van der Waals surface area (Å²) < 4.78 is 13.8. The Labute approximate surface area is 146 Å². The zero-order valence-corrected chi connectivity index (χ0v) is 14.1. The number of anilines is 1. The molecule has 3 atom stereocenters. The second-order valence-corrected chi connectivity index (χ2v) is 7.38. The van der Waals surface area contributed by atoms with Gasteiger partial charge in [0.1, 0.15) is 5.82 Å². The van der Waals surface area contributed by atoms with Crippen molar-refractivity contribution in [3.05, 3.63) is 29.6 Å². The molecule has 3 aliphatic rings. The summed E-state index contributed by atoms with van der Waals surface area (Å²) in [4.78, 5) is 28.0. The minimum absolute atomic E-state index is 0.175. The molecule has 7 heteroatoms. The molecule has 0 radical (unpaired) electrons. The van der Waals surface area contributed by atoms with Crippen molar-refractivity contribution >= 4 is 17.6 Å². The van der Waals surface area contributed by atoms with E-state index >= 15 is 0 Å². The van der Waals surface area contributed by atoms with Gasteiger partial charge in [-0.2, -0.15) is 0 Å². The molecular formula is C18H23FN4O2. The van der Waals surface area contributed by atoms with E-state index in [9.17, 15) is 14.0 Å². The van der Waals surface area contributed by atoms with E-state index in [-0.39, 0.29) is 11.6 Å². The molecule has 3 fully saturated rings. The number of benzene rings is 1. The van der Waals surface area contributed by atoms with Crippen molar-refractivity contribution in [2.24, 2.45) is 17.6 Å². The predicted molar refractivity (Wildman–Crippen MR) is 91.7 cm³/mol. The number of hydrogen-bond donors (Lipinski definition) is 2. The van der Waals surface area contributed by atoms with E-state index in [1.165, 1.54) is 37.9 Å². The smallest absolute Gasteiger partial charge is 0.321 e. The van der Waals surface area contributed by atoms with Gasteiger partial charge in [-0.3, -0.25) is 9.69 Å². The normalized spacial score (nSPS) is 28.5. The van der Waals surface area contributed by atoms with Crippen molar-refractivity contribution in [2.45, 2.75) is 25.3 Å². The number of carbonyl (C=O) groups is 2. The van der Waals surface area contributed by atoms with Gasteiger partial charge in [0, 0.05) is 31.4 Å². The highest BCUT2D eigenvalue weighted by Crippen LogP contribution is 2.40. The van der Waals surface area contributed by atoms with Gasteiger partial charge in [-0.1, -0.05) is 6.42 Å². The SMILES string of the molecule is NC(=O)c1ccc(NC(=O)N2C[C@@H]3CN4CCCC[C@@H]4[C@H]3C2)cc1F. The van der Waals surface area contributed by atoms with E-state index in [1.54, 1.807) is 0 Å². The summed E-state index contributed by atoms with van der Waals surface area (Å²) in [5, 5.41) is 2.73. The third-order valence-electron chi connectivity index (χ3n) is 5.89. The number of rotatable bonds is 2. The number of nitrogens with one attached hydrogen (secondary N) is 1. The Balaban J connectivity index is 1.40. The van der Waals surface area contributed by atoms with E-state index in [2.05, 4.69) is 10.2 Å². The molecule has 3 N–H and O–H groups in total. The van der Waals surface area contributed by atoms with Crippen molar-refractivity contribution in [2.75, 3.05) is 31.5 Å². The average Bonchev–Trinajstić information content (AvgIpc) is 3.12. The fourth-order valence-corrected chi connectivity index (χ4v) is 4.72. The standard InChI is InChI=1S/C18H23FN4O2/c19-15-7-12(4-5-13(15)17(20)24)21-18(25)23-9-11-8-22-6-2-1-3-16(22)14(11)10-23/h4-5,7,11,14,16H,1-3,6,8-10H2,(H2,20,24)(H,21,25)/t11-,14-,16+/m0/s1. The number of hydrogen-bond acceptors (Lipinski definition) is 3. The highest BCUT2D eigenvalue weighted by Gasteiger charge is 2.48. The fourth-order valence-electron chi connectivity index (χ4n) is 4.72. The molecule has 1 aromatic carbocycles. The summed E-state index contributed by atoms with van der Waals surface area (Å²) in [7, 11) is 0. The Bertz CT molecular complexity index is 710. The molecule has 0 unspecified atom stereocenters. The van der Waals surface area contributed by atoms with Crippen LogP contribution in [0.3, 0.4) is 0 Å². The van der Waals surface area contributed by atoms with Crippen LogP contribution in [0, 0.1) is 17.7 Å². The third kappa shape index (κ3) is 2.97. The van der Waals surface area contributed by atoms with E-state index in [0.29, 0.717) is 23.6 Å². The number of urea groups is 1. The van der Waals surface area contributed by atoms with Crippen LogP contribution >= 0.6 is 0 Å². The van der Waals surface area contributed by atoms with Crippen molar-refractivity contribution in [3.63, 3.8) is 0 Å². The van der Waals surface area contributed by atoms with Crippen molar-refractivity contribution in [1.29, 1.82) is 0 Å². The molecule has 134 valence electrons.